The topological polar surface area (TPSA) is 54.5 Å². The zero-order chi connectivity index (χ0) is 9.97. The van der Waals surface area contributed by atoms with Crippen molar-refractivity contribution >= 4 is 0 Å². The number of nitrogens with one attached hydrogen (secondary N) is 1. The molecule has 2 rings (SSSR count). The number of nitrogens with zero attached hydrogens (tertiary/aromatic N) is 3. The lowest BCUT2D eigenvalue weighted by molar-refractivity contribution is 0.580. The van der Waals surface area contributed by atoms with Crippen LogP contribution < -0.4 is 0 Å². The highest BCUT2D eigenvalue weighted by Crippen LogP contribution is 2.10. The highest BCUT2D eigenvalue weighted by atomic mass is 19.1. The lowest BCUT2D eigenvalue weighted by Crippen LogP contribution is -1.93. The smallest absolute Gasteiger partial charge is 0.178 e. The van der Waals surface area contributed by atoms with Gasteiger partial charge >= 0.3 is 0 Å². The fourth-order valence-electron chi connectivity index (χ4n) is 1.15. The van der Waals surface area contributed by atoms with Crippen LogP contribution in [0.4, 0.5) is 8.78 Å². The van der Waals surface area contributed by atoms with Crippen LogP contribution in [0.15, 0.2) is 18.2 Å². The standard InChI is InChI=1S/C8H6F2N4/c9-6-1-5(2-7(10)4-6)3-8-11-13-14-12-8/h1-2,4H,3H2,(H,11,12,13,14). The van der Waals surface area contributed by atoms with Crippen LogP contribution in [-0.2, 0) is 6.42 Å². The van der Waals surface area contributed by atoms with E-state index in [1.807, 2.05) is 0 Å². The molecule has 0 saturated carbocycles. The van der Waals surface area contributed by atoms with Crippen LogP contribution in [0, 0.1) is 11.6 Å². The van der Waals surface area contributed by atoms with Crippen molar-refractivity contribution in [1.82, 2.24) is 20.6 Å². The molecular formula is C8H6F2N4. The molecule has 0 saturated heterocycles. The van der Waals surface area contributed by atoms with Gasteiger partial charge in [0.15, 0.2) is 5.82 Å². The SMILES string of the molecule is Fc1cc(F)cc(Cc2nn[nH]n2)c1. The Morgan fingerprint density at radius 3 is 2.43 bits per heavy atom. The Balaban J connectivity index is 2.25. The van der Waals surface area contributed by atoms with Crippen molar-refractivity contribution in [2.45, 2.75) is 6.42 Å². The van der Waals surface area contributed by atoms with Gasteiger partial charge in [0.1, 0.15) is 11.6 Å². The van der Waals surface area contributed by atoms with Gasteiger partial charge in [0.2, 0.25) is 0 Å². The van der Waals surface area contributed by atoms with E-state index >= 15 is 0 Å². The normalized spacial score (nSPS) is 10.4. The van der Waals surface area contributed by atoms with Gasteiger partial charge in [-0.2, -0.15) is 5.21 Å². The summed E-state index contributed by atoms with van der Waals surface area (Å²) in [6.07, 6.45) is 0.255. The van der Waals surface area contributed by atoms with Crippen LogP contribution in [0.25, 0.3) is 0 Å². The number of aromatic amines is 1. The predicted molar refractivity (Wildman–Crippen MR) is 43.3 cm³/mol. The first kappa shape index (κ1) is 8.74. The number of hydrogen-bond donors (Lipinski definition) is 1. The number of aromatic nitrogens is 4. The molecule has 6 heteroatoms. The van der Waals surface area contributed by atoms with Gasteiger partial charge in [0.25, 0.3) is 0 Å². The monoisotopic (exact) mass is 196 g/mol. The number of benzene rings is 1. The minimum Gasteiger partial charge on any atom is -0.207 e. The first-order valence-electron chi connectivity index (χ1n) is 3.91. The molecule has 14 heavy (non-hydrogen) atoms. The van der Waals surface area contributed by atoms with E-state index < -0.39 is 11.6 Å². The first-order chi connectivity index (χ1) is 6.74. The molecular weight excluding hydrogens is 190 g/mol. The Hall–Kier alpha value is -1.85. The highest BCUT2D eigenvalue weighted by Gasteiger charge is 2.04. The molecule has 0 atom stereocenters. The second kappa shape index (κ2) is 3.49. The number of halogens is 2. The molecule has 1 aromatic heterocycles. The summed E-state index contributed by atoms with van der Waals surface area (Å²) in [5.74, 6) is -0.818. The molecule has 0 aliphatic rings. The fraction of sp³-hybridized carbons (Fsp3) is 0.125. The van der Waals surface area contributed by atoms with Gasteiger partial charge in [-0.1, -0.05) is 5.21 Å². The summed E-state index contributed by atoms with van der Waals surface area (Å²) in [6, 6.07) is 3.29. The largest absolute Gasteiger partial charge is 0.207 e. The van der Waals surface area contributed by atoms with E-state index in [4.69, 9.17) is 0 Å². The lowest BCUT2D eigenvalue weighted by atomic mass is 10.1. The van der Waals surface area contributed by atoms with Crippen molar-refractivity contribution < 1.29 is 8.78 Å². The second-order valence-corrected chi connectivity index (χ2v) is 2.78. The molecule has 2 aromatic rings. The maximum atomic E-state index is 12.8. The van der Waals surface area contributed by atoms with Gasteiger partial charge in [-0.25, -0.2) is 8.78 Å². The molecule has 0 bridgehead atoms. The van der Waals surface area contributed by atoms with E-state index in [0.29, 0.717) is 11.4 Å². The molecule has 1 heterocycles. The van der Waals surface area contributed by atoms with Crippen LogP contribution in [0.2, 0.25) is 0 Å². The Kier molecular flexibility index (Phi) is 2.18. The predicted octanol–water partition coefficient (Wildman–Crippen LogP) is 1.07. The minimum absolute atomic E-state index is 0.255. The maximum absolute atomic E-state index is 12.8. The van der Waals surface area contributed by atoms with Gasteiger partial charge in [-0.05, 0) is 17.7 Å². The van der Waals surface area contributed by atoms with E-state index in [1.165, 1.54) is 12.1 Å². The van der Waals surface area contributed by atoms with Crippen LogP contribution in [0.3, 0.4) is 0 Å². The van der Waals surface area contributed by atoms with Crippen molar-refractivity contribution in [3.8, 4) is 0 Å². The molecule has 0 fully saturated rings. The zero-order valence-corrected chi connectivity index (χ0v) is 7.04. The Morgan fingerprint density at radius 1 is 1.14 bits per heavy atom. The third-order valence-electron chi connectivity index (χ3n) is 1.67. The molecule has 0 radical (unpaired) electrons. The van der Waals surface area contributed by atoms with Crippen molar-refractivity contribution in [2.24, 2.45) is 0 Å². The molecule has 4 nitrogen and oxygen atoms in total. The Morgan fingerprint density at radius 2 is 1.86 bits per heavy atom. The van der Waals surface area contributed by atoms with E-state index in [-0.39, 0.29) is 6.42 Å². The quantitative estimate of drug-likeness (QED) is 0.781. The van der Waals surface area contributed by atoms with Crippen molar-refractivity contribution in [3.63, 3.8) is 0 Å². The molecule has 1 aromatic carbocycles. The lowest BCUT2D eigenvalue weighted by Gasteiger charge is -1.97. The Bertz CT molecular complexity index is 407. The van der Waals surface area contributed by atoms with E-state index in [0.717, 1.165) is 6.07 Å². The Labute approximate surface area is 78.0 Å². The molecule has 0 aliphatic carbocycles. The summed E-state index contributed by atoms with van der Waals surface area (Å²) in [5, 5.41) is 13.0. The van der Waals surface area contributed by atoms with Gasteiger partial charge in [0.05, 0.1) is 0 Å². The summed E-state index contributed by atoms with van der Waals surface area (Å²) in [7, 11) is 0. The number of H-pyrrole nitrogens is 1. The van der Waals surface area contributed by atoms with Crippen LogP contribution in [0.5, 0.6) is 0 Å². The van der Waals surface area contributed by atoms with Crippen molar-refractivity contribution in [1.29, 1.82) is 0 Å². The number of rotatable bonds is 2. The summed E-state index contributed by atoms with van der Waals surface area (Å²) < 4.78 is 25.5. The zero-order valence-electron chi connectivity index (χ0n) is 7.04. The van der Waals surface area contributed by atoms with Gasteiger partial charge in [0, 0.05) is 12.5 Å². The fourth-order valence-corrected chi connectivity index (χ4v) is 1.15. The molecule has 0 amide bonds. The minimum atomic E-state index is -0.608. The highest BCUT2D eigenvalue weighted by molar-refractivity contribution is 5.20. The third kappa shape index (κ3) is 1.90. The molecule has 1 N–H and O–H groups in total. The average molecular weight is 196 g/mol. The van der Waals surface area contributed by atoms with E-state index in [1.54, 1.807) is 0 Å². The van der Waals surface area contributed by atoms with Crippen LogP contribution in [-0.4, -0.2) is 20.6 Å². The molecule has 72 valence electrons. The van der Waals surface area contributed by atoms with E-state index in [9.17, 15) is 8.78 Å². The van der Waals surface area contributed by atoms with Crippen molar-refractivity contribution in [3.05, 3.63) is 41.2 Å². The maximum Gasteiger partial charge on any atom is 0.178 e. The summed E-state index contributed by atoms with van der Waals surface area (Å²) >= 11 is 0. The molecule has 0 unspecified atom stereocenters. The summed E-state index contributed by atoms with van der Waals surface area (Å²) in [4.78, 5) is 0. The summed E-state index contributed by atoms with van der Waals surface area (Å²) in [6.45, 7) is 0. The van der Waals surface area contributed by atoms with Crippen molar-refractivity contribution in [2.75, 3.05) is 0 Å². The van der Waals surface area contributed by atoms with Crippen LogP contribution >= 0.6 is 0 Å². The molecule has 0 spiro atoms. The summed E-state index contributed by atoms with van der Waals surface area (Å²) in [5.41, 5.74) is 0.476. The van der Waals surface area contributed by atoms with Gasteiger partial charge in [-0.3, -0.25) is 0 Å². The second-order valence-electron chi connectivity index (χ2n) is 2.78. The molecule has 0 aliphatic heterocycles. The average Bonchev–Trinajstić information content (AvgIpc) is 2.54. The number of tetrazole rings is 1. The van der Waals surface area contributed by atoms with Gasteiger partial charge < -0.3 is 0 Å². The van der Waals surface area contributed by atoms with E-state index in [2.05, 4.69) is 20.6 Å². The third-order valence-corrected chi connectivity index (χ3v) is 1.67. The van der Waals surface area contributed by atoms with Crippen LogP contribution in [0.1, 0.15) is 11.4 Å². The number of hydrogen-bond acceptors (Lipinski definition) is 3. The first-order valence-corrected chi connectivity index (χ1v) is 3.91. The van der Waals surface area contributed by atoms with Gasteiger partial charge in [-0.15, -0.1) is 10.2 Å².